The summed E-state index contributed by atoms with van der Waals surface area (Å²) in [5.74, 6) is 1.51. The fourth-order valence-corrected chi connectivity index (χ4v) is 3.41. The molecule has 0 spiro atoms. The molecule has 5 heteroatoms. The largest absolute Gasteiger partial charge is 0.497 e. The topological polar surface area (TPSA) is 58.7 Å². The molecule has 0 unspecified atom stereocenters. The zero-order chi connectivity index (χ0) is 16.5. The summed E-state index contributed by atoms with van der Waals surface area (Å²) in [5, 5.41) is 10.2. The maximum absolute atomic E-state index is 10.2. The predicted octanol–water partition coefficient (Wildman–Crippen LogP) is 3.14. The number of fused-ring (bicyclic) bond motifs is 1. The molecule has 1 saturated heterocycles. The van der Waals surface area contributed by atoms with Gasteiger partial charge in [-0.1, -0.05) is 24.3 Å². The monoisotopic (exact) mass is 324 g/mol. The molecule has 0 saturated carbocycles. The van der Waals surface area contributed by atoms with Crippen LogP contribution in [-0.4, -0.2) is 34.7 Å². The van der Waals surface area contributed by atoms with Gasteiger partial charge in [-0.15, -0.1) is 0 Å². The Morgan fingerprint density at radius 2 is 2.12 bits per heavy atom. The van der Waals surface area contributed by atoms with Crippen LogP contribution in [-0.2, 0) is 6.54 Å². The highest BCUT2D eigenvalue weighted by atomic mass is 16.5. The van der Waals surface area contributed by atoms with E-state index in [4.69, 9.17) is 9.15 Å². The summed E-state index contributed by atoms with van der Waals surface area (Å²) in [4.78, 5) is 6.76. The number of ether oxygens (including phenoxy) is 1. The van der Waals surface area contributed by atoms with Crippen molar-refractivity contribution in [3.8, 4) is 5.75 Å². The molecule has 0 bridgehead atoms. The quantitative estimate of drug-likeness (QED) is 0.799. The van der Waals surface area contributed by atoms with Crippen LogP contribution in [0.1, 0.15) is 23.9 Å². The average Bonchev–Trinajstić information content (AvgIpc) is 3.17. The van der Waals surface area contributed by atoms with Crippen molar-refractivity contribution in [3.05, 3.63) is 60.0 Å². The van der Waals surface area contributed by atoms with E-state index in [2.05, 4.69) is 16.0 Å². The van der Waals surface area contributed by atoms with Crippen molar-refractivity contribution in [2.75, 3.05) is 13.7 Å². The van der Waals surface area contributed by atoms with E-state index in [-0.39, 0.29) is 12.1 Å². The van der Waals surface area contributed by atoms with Gasteiger partial charge in [-0.3, -0.25) is 4.90 Å². The number of likely N-dealkylation sites (tertiary alicyclic amines) is 1. The minimum absolute atomic E-state index is 0.130. The van der Waals surface area contributed by atoms with Gasteiger partial charge in [0.05, 0.1) is 19.8 Å². The molecule has 24 heavy (non-hydrogen) atoms. The normalized spacial score (nSPS) is 21.4. The first-order valence-corrected chi connectivity index (χ1v) is 8.13. The van der Waals surface area contributed by atoms with Crippen molar-refractivity contribution >= 4 is 11.1 Å². The van der Waals surface area contributed by atoms with Gasteiger partial charge in [0, 0.05) is 12.6 Å². The third kappa shape index (κ3) is 2.88. The molecule has 2 heterocycles. The standard InChI is InChI=1S/C19H20N2O3/c1-23-15-6-4-5-13(9-15)17-10-14(22)11-21(17)12-19-20-16-7-2-3-8-18(16)24-19/h2-9,14,17,22H,10-12H2,1H3/t14-,17+/m0/s1. The van der Waals surface area contributed by atoms with Gasteiger partial charge in [0.1, 0.15) is 11.3 Å². The number of aliphatic hydroxyl groups is 1. The molecule has 1 N–H and O–H groups in total. The summed E-state index contributed by atoms with van der Waals surface area (Å²) in [5.41, 5.74) is 2.80. The number of benzene rings is 2. The maximum Gasteiger partial charge on any atom is 0.209 e. The van der Waals surface area contributed by atoms with Crippen LogP contribution in [0, 0.1) is 0 Å². The van der Waals surface area contributed by atoms with Gasteiger partial charge >= 0.3 is 0 Å². The van der Waals surface area contributed by atoms with E-state index in [9.17, 15) is 5.11 Å². The lowest BCUT2D eigenvalue weighted by Gasteiger charge is -2.23. The van der Waals surface area contributed by atoms with Crippen LogP contribution in [0.2, 0.25) is 0 Å². The zero-order valence-corrected chi connectivity index (χ0v) is 13.6. The zero-order valence-electron chi connectivity index (χ0n) is 13.6. The van der Waals surface area contributed by atoms with Gasteiger partial charge in [0.15, 0.2) is 5.58 Å². The maximum atomic E-state index is 10.2. The van der Waals surface area contributed by atoms with Crippen LogP contribution in [0.15, 0.2) is 52.9 Å². The minimum atomic E-state index is -0.342. The molecule has 2 aromatic carbocycles. The molecule has 1 fully saturated rings. The fraction of sp³-hybridized carbons (Fsp3) is 0.316. The fourth-order valence-electron chi connectivity index (χ4n) is 3.41. The molecule has 0 amide bonds. The van der Waals surface area contributed by atoms with Crippen molar-refractivity contribution in [3.63, 3.8) is 0 Å². The molecule has 3 aromatic rings. The van der Waals surface area contributed by atoms with E-state index in [0.717, 1.165) is 22.4 Å². The number of rotatable bonds is 4. The highest BCUT2D eigenvalue weighted by Gasteiger charge is 2.33. The predicted molar refractivity (Wildman–Crippen MR) is 90.8 cm³/mol. The Balaban J connectivity index is 1.60. The van der Waals surface area contributed by atoms with E-state index in [0.29, 0.717) is 25.4 Å². The number of aromatic nitrogens is 1. The van der Waals surface area contributed by atoms with Crippen LogP contribution >= 0.6 is 0 Å². The van der Waals surface area contributed by atoms with Crippen LogP contribution in [0.25, 0.3) is 11.1 Å². The van der Waals surface area contributed by atoms with E-state index >= 15 is 0 Å². The summed E-state index contributed by atoms with van der Waals surface area (Å²) < 4.78 is 11.2. The highest BCUT2D eigenvalue weighted by Crippen LogP contribution is 2.35. The van der Waals surface area contributed by atoms with Gasteiger partial charge < -0.3 is 14.3 Å². The van der Waals surface area contributed by atoms with Gasteiger partial charge in [-0.05, 0) is 36.2 Å². The molecule has 0 radical (unpaired) electrons. The number of hydrogen-bond donors (Lipinski definition) is 1. The summed E-state index contributed by atoms with van der Waals surface area (Å²) in [6, 6.07) is 15.9. The lowest BCUT2D eigenvalue weighted by Crippen LogP contribution is -2.24. The number of nitrogens with zero attached hydrogens (tertiary/aromatic N) is 2. The Labute approximate surface area is 140 Å². The number of β-amino-alcohol motifs (C(OH)–C–C–N with tert-alkyl or cyclic N) is 1. The molecule has 124 valence electrons. The summed E-state index contributed by atoms with van der Waals surface area (Å²) >= 11 is 0. The Bertz CT molecular complexity index is 812. The number of methoxy groups -OCH3 is 1. The van der Waals surface area contributed by atoms with Crippen LogP contribution in [0.3, 0.4) is 0 Å². The van der Waals surface area contributed by atoms with Crippen LogP contribution < -0.4 is 4.74 Å². The number of hydrogen-bond acceptors (Lipinski definition) is 5. The van der Waals surface area contributed by atoms with Gasteiger partial charge in [0.25, 0.3) is 0 Å². The molecule has 2 atom stereocenters. The lowest BCUT2D eigenvalue weighted by atomic mass is 10.0. The van der Waals surface area contributed by atoms with Gasteiger partial charge in [-0.2, -0.15) is 0 Å². The van der Waals surface area contributed by atoms with E-state index in [1.54, 1.807) is 7.11 Å². The highest BCUT2D eigenvalue weighted by molar-refractivity contribution is 5.72. The molecule has 1 aliphatic rings. The van der Waals surface area contributed by atoms with Crippen LogP contribution in [0.4, 0.5) is 0 Å². The molecule has 5 nitrogen and oxygen atoms in total. The van der Waals surface area contributed by atoms with Crippen LogP contribution in [0.5, 0.6) is 5.75 Å². The second kappa shape index (κ2) is 6.26. The molecule has 4 rings (SSSR count). The molecule has 1 aliphatic heterocycles. The first-order chi connectivity index (χ1) is 11.7. The third-order valence-electron chi connectivity index (χ3n) is 4.54. The van der Waals surface area contributed by atoms with E-state index in [1.165, 1.54) is 0 Å². The van der Waals surface area contributed by atoms with Crippen molar-refractivity contribution in [2.45, 2.75) is 25.1 Å². The number of oxazole rings is 1. The molecular weight excluding hydrogens is 304 g/mol. The SMILES string of the molecule is COc1cccc([C@H]2C[C@H](O)CN2Cc2nc3ccccc3o2)c1. The second-order valence-electron chi connectivity index (χ2n) is 6.19. The Morgan fingerprint density at radius 1 is 1.25 bits per heavy atom. The smallest absolute Gasteiger partial charge is 0.209 e. The second-order valence-corrected chi connectivity index (χ2v) is 6.19. The van der Waals surface area contributed by atoms with Crippen molar-refractivity contribution in [2.24, 2.45) is 0 Å². The Kier molecular flexibility index (Phi) is 3.96. The number of para-hydroxylation sites is 2. The van der Waals surface area contributed by atoms with E-state index in [1.807, 2.05) is 42.5 Å². The van der Waals surface area contributed by atoms with Crippen molar-refractivity contribution < 1.29 is 14.3 Å². The van der Waals surface area contributed by atoms with Gasteiger partial charge in [0.2, 0.25) is 5.89 Å². The molecular formula is C19H20N2O3. The third-order valence-corrected chi connectivity index (χ3v) is 4.54. The summed E-state index contributed by atoms with van der Waals surface area (Å²) in [6.07, 6.45) is 0.360. The number of aliphatic hydroxyl groups excluding tert-OH is 1. The average molecular weight is 324 g/mol. The van der Waals surface area contributed by atoms with Crippen molar-refractivity contribution in [1.82, 2.24) is 9.88 Å². The summed E-state index contributed by atoms with van der Waals surface area (Å²) in [7, 11) is 1.67. The summed E-state index contributed by atoms with van der Waals surface area (Å²) in [6.45, 7) is 1.19. The minimum Gasteiger partial charge on any atom is -0.497 e. The molecule has 1 aromatic heterocycles. The van der Waals surface area contributed by atoms with Crippen molar-refractivity contribution in [1.29, 1.82) is 0 Å². The first-order valence-electron chi connectivity index (χ1n) is 8.13. The molecule has 0 aliphatic carbocycles. The Morgan fingerprint density at radius 3 is 2.96 bits per heavy atom. The lowest BCUT2D eigenvalue weighted by molar-refractivity contribution is 0.167. The Hall–Kier alpha value is -2.37. The first kappa shape index (κ1) is 15.2. The van der Waals surface area contributed by atoms with Gasteiger partial charge in [-0.25, -0.2) is 4.98 Å². The van der Waals surface area contributed by atoms with E-state index < -0.39 is 0 Å².